The van der Waals surface area contributed by atoms with E-state index in [1.54, 1.807) is 0 Å². The third-order valence-electron chi connectivity index (χ3n) is 2.75. The van der Waals surface area contributed by atoms with Gasteiger partial charge in [0, 0.05) is 15.0 Å². The van der Waals surface area contributed by atoms with Gasteiger partial charge in [-0.05, 0) is 30.3 Å². The van der Waals surface area contributed by atoms with Crippen LogP contribution in [0.2, 0.25) is 0 Å². The average Bonchev–Trinajstić information content (AvgIpc) is 2.42. The van der Waals surface area contributed by atoms with Gasteiger partial charge in [-0.3, -0.25) is 0 Å². The first-order valence-electron chi connectivity index (χ1n) is 6.02. The third kappa shape index (κ3) is 4.06. The highest BCUT2D eigenvalue weighted by Crippen LogP contribution is 2.43. The van der Waals surface area contributed by atoms with Crippen molar-refractivity contribution in [1.29, 1.82) is 0 Å². The Bertz CT molecular complexity index is 459. The van der Waals surface area contributed by atoms with Crippen LogP contribution in [0.1, 0.15) is 6.42 Å². The standard InChI is InChI=1S/C16H17OP.B/c1-14(12-13-17)18(15-8-4-2-5-9-15)16-10-6-3-7-11-16;/h2-11,17H,1,12-13H2;. The summed E-state index contributed by atoms with van der Waals surface area (Å²) in [5, 5.41) is 12.8. The summed E-state index contributed by atoms with van der Waals surface area (Å²) in [7, 11) is -0.572. The molecule has 3 heteroatoms. The number of benzene rings is 2. The Hall–Kier alpha value is -1.37. The van der Waals surface area contributed by atoms with Crippen LogP contribution in [-0.2, 0) is 0 Å². The lowest BCUT2D eigenvalue weighted by atomic mass is 10.4. The van der Waals surface area contributed by atoms with E-state index in [2.05, 4.69) is 55.1 Å². The number of hydrogen-bond acceptors (Lipinski definition) is 1. The van der Waals surface area contributed by atoms with Gasteiger partial charge in [0.05, 0.1) is 0 Å². The molecule has 0 amide bonds. The third-order valence-corrected chi connectivity index (χ3v) is 5.23. The van der Waals surface area contributed by atoms with E-state index in [9.17, 15) is 0 Å². The molecule has 2 rings (SSSR count). The van der Waals surface area contributed by atoms with Crippen molar-refractivity contribution in [1.82, 2.24) is 0 Å². The van der Waals surface area contributed by atoms with E-state index >= 15 is 0 Å². The van der Waals surface area contributed by atoms with Crippen molar-refractivity contribution < 1.29 is 5.11 Å². The zero-order chi connectivity index (χ0) is 12.8. The average molecular weight is 267 g/mol. The summed E-state index contributed by atoms with van der Waals surface area (Å²) in [6.45, 7) is 4.33. The topological polar surface area (TPSA) is 20.2 Å². The van der Waals surface area contributed by atoms with Crippen molar-refractivity contribution in [2.45, 2.75) is 6.42 Å². The van der Waals surface area contributed by atoms with Gasteiger partial charge in [0.25, 0.3) is 0 Å². The van der Waals surface area contributed by atoms with Gasteiger partial charge < -0.3 is 5.11 Å². The van der Waals surface area contributed by atoms with Crippen LogP contribution in [0.3, 0.4) is 0 Å². The lowest BCUT2D eigenvalue weighted by Crippen LogP contribution is -2.12. The van der Waals surface area contributed by atoms with Gasteiger partial charge in [-0.25, -0.2) is 0 Å². The van der Waals surface area contributed by atoms with Gasteiger partial charge in [0.15, 0.2) is 0 Å². The first kappa shape index (κ1) is 15.7. The largest absolute Gasteiger partial charge is 0.396 e. The molecule has 0 heterocycles. The van der Waals surface area contributed by atoms with Gasteiger partial charge in [-0.2, -0.15) is 0 Å². The minimum absolute atomic E-state index is 0. The van der Waals surface area contributed by atoms with Gasteiger partial charge in [0.2, 0.25) is 0 Å². The molecule has 0 bridgehead atoms. The molecule has 2 aromatic carbocycles. The summed E-state index contributed by atoms with van der Waals surface area (Å²) in [4.78, 5) is 0. The highest BCUT2D eigenvalue weighted by molar-refractivity contribution is 7.76. The van der Waals surface area contributed by atoms with E-state index in [1.165, 1.54) is 10.6 Å². The molecule has 2 aromatic rings. The summed E-state index contributed by atoms with van der Waals surface area (Å²) < 4.78 is 0. The number of rotatable bonds is 5. The molecular weight excluding hydrogens is 250 g/mol. The second-order valence-electron chi connectivity index (χ2n) is 4.05. The predicted octanol–water partition coefficient (Wildman–Crippen LogP) is 2.63. The second kappa shape index (κ2) is 7.94. The van der Waals surface area contributed by atoms with E-state index in [4.69, 9.17) is 5.11 Å². The summed E-state index contributed by atoms with van der Waals surface area (Å²) in [5.74, 6) is 0. The molecule has 19 heavy (non-hydrogen) atoms. The van der Waals surface area contributed by atoms with Crippen molar-refractivity contribution in [3.8, 4) is 0 Å². The Balaban J connectivity index is 0.00000180. The molecule has 0 aliphatic rings. The Morgan fingerprint density at radius 3 is 1.68 bits per heavy atom. The fourth-order valence-electron chi connectivity index (χ4n) is 1.91. The quantitative estimate of drug-likeness (QED) is 0.652. The molecule has 0 aromatic heterocycles. The van der Waals surface area contributed by atoms with Gasteiger partial charge in [0.1, 0.15) is 0 Å². The van der Waals surface area contributed by atoms with Crippen molar-refractivity contribution in [2.75, 3.05) is 6.61 Å². The van der Waals surface area contributed by atoms with Crippen LogP contribution < -0.4 is 10.6 Å². The minimum atomic E-state index is -0.572. The zero-order valence-electron chi connectivity index (χ0n) is 10.9. The van der Waals surface area contributed by atoms with Crippen LogP contribution in [0.5, 0.6) is 0 Å². The molecule has 0 fully saturated rings. The molecule has 1 N–H and O–H groups in total. The lowest BCUT2D eigenvalue weighted by molar-refractivity contribution is 0.301. The fraction of sp³-hybridized carbons (Fsp3) is 0.125. The highest BCUT2D eigenvalue weighted by atomic mass is 31.1. The molecule has 95 valence electrons. The maximum absolute atomic E-state index is 9.13. The summed E-state index contributed by atoms with van der Waals surface area (Å²) in [6.07, 6.45) is 0.662. The van der Waals surface area contributed by atoms with Crippen LogP contribution in [0, 0.1) is 0 Å². The lowest BCUT2D eigenvalue weighted by Gasteiger charge is -2.20. The highest BCUT2D eigenvalue weighted by Gasteiger charge is 2.16. The number of hydrogen-bond donors (Lipinski definition) is 1. The normalized spacial score (nSPS) is 10.0. The smallest absolute Gasteiger partial charge is 0.0471 e. The SMILES string of the molecule is C=C(CCO)P(c1ccccc1)c1ccccc1.[B]. The molecule has 0 saturated heterocycles. The van der Waals surface area contributed by atoms with Crippen molar-refractivity contribution in [3.05, 3.63) is 72.6 Å². The number of aliphatic hydroxyl groups excluding tert-OH is 1. The number of aliphatic hydroxyl groups is 1. The van der Waals surface area contributed by atoms with E-state index in [0.29, 0.717) is 6.42 Å². The van der Waals surface area contributed by atoms with Gasteiger partial charge in [-0.1, -0.05) is 67.2 Å². The van der Waals surface area contributed by atoms with E-state index < -0.39 is 7.92 Å². The van der Waals surface area contributed by atoms with Crippen LogP contribution in [0.4, 0.5) is 0 Å². The maximum atomic E-state index is 9.13. The van der Waals surface area contributed by atoms with Crippen LogP contribution in [0.15, 0.2) is 72.6 Å². The Morgan fingerprint density at radius 1 is 0.895 bits per heavy atom. The Labute approximate surface area is 118 Å². The van der Waals surface area contributed by atoms with Crippen LogP contribution >= 0.6 is 7.92 Å². The van der Waals surface area contributed by atoms with Crippen LogP contribution in [0.25, 0.3) is 0 Å². The van der Waals surface area contributed by atoms with Gasteiger partial charge >= 0.3 is 0 Å². The molecule has 1 nitrogen and oxygen atoms in total. The maximum Gasteiger partial charge on any atom is 0.0471 e. The summed E-state index contributed by atoms with van der Waals surface area (Å²) in [5.41, 5.74) is 0. The first-order valence-corrected chi connectivity index (χ1v) is 7.36. The predicted molar refractivity (Wildman–Crippen MR) is 85.7 cm³/mol. The monoisotopic (exact) mass is 267 g/mol. The fourth-order valence-corrected chi connectivity index (χ4v) is 4.20. The first-order chi connectivity index (χ1) is 8.83. The van der Waals surface area contributed by atoms with Crippen LogP contribution in [-0.4, -0.2) is 20.1 Å². The molecule has 3 radical (unpaired) electrons. The molecule has 0 aliphatic heterocycles. The van der Waals surface area contributed by atoms with Crippen molar-refractivity contribution in [3.63, 3.8) is 0 Å². The Morgan fingerprint density at radius 2 is 1.32 bits per heavy atom. The molecule has 0 spiro atoms. The van der Waals surface area contributed by atoms with Crippen molar-refractivity contribution in [2.24, 2.45) is 0 Å². The summed E-state index contributed by atoms with van der Waals surface area (Å²) in [6, 6.07) is 20.8. The molecule has 0 atom stereocenters. The van der Waals surface area contributed by atoms with E-state index in [-0.39, 0.29) is 15.0 Å². The molecule has 0 unspecified atom stereocenters. The van der Waals surface area contributed by atoms with Gasteiger partial charge in [-0.15, -0.1) is 0 Å². The Kier molecular flexibility index (Phi) is 6.55. The van der Waals surface area contributed by atoms with E-state index in [0.717, 1.165) is 5.31 Å². The molecule has 0 saturated carbocycles. The summed E-state index contributed by atoms with van der Waals surface area (Å²) >= 11 is 0. The van der Waals surface area contributed by atoms with E-state index in [1.807, 2.05) is 12.1 Å². The van der Waals surface area contributed by atoms with Crippen molar-refractivity contribution >= 4 is 26.9 Å². The molecule has 0 aliphatic carbocycles. The minimum Gasteiger partial charge on any atom is -0.396 e. The zero-order valence-corrected chi connectivity index (χ0v) is 11.8. The molecular formula is C16H17BOP. The second-order valence-corrected chi connectivity index (χ2v) is 6.38.